The molecular weight excluding hydrogens is 435 g/mol. The molecule has 0 saturated carbocycles. The number of carbonyl (C=O) groups excluding carboxylic acids is 3. The first-order valence-corrected chi connectivity index (χ1v) is 12.0. The van der Waals surface area contributed by atoms with E-state index < -0.39 is 17.8 Å². The molecule has 8 heteroatoms. The average molecular weight is 467 g/mol. The Balaban J connectivity index is 1.39. The number of hydrogen-bond acceptors (Lipinski definition) is 4. The van der Waals surface area contributed by atoms with Crippen LogP contribution in [0.4, 0.5) is 21.5 Å². The molecule has 0 aliphatic carbocycles. The highest BCUT2D eigenvalue weighted by molar-refractivity contribution is 6.02. The number of rotatable bonds is 8. The van der Waals surface area contributed by atoms with Crippen molar-refractivity contribution >= 4 is 34.8 Å². The first-order valence-electron chi connectivity index (χ1n) is 12.0. The molecule has 2 aromatic carbocycles. The molecule has 2 aliphatic heterocycles. The summed E-state index contributed by atoms with van der Waals surface area (Å²) >= 11 is 0. The van der Waals surface area contributed by atoms with Crippen LogP contribution in [0.15, 0.2) is 48.5 Å². The van der Waals surface area contributed by atoms with Crippen molar-refractivity contribution in [2.75, 3.05) is 34.8 Å². The lowest BCUT2D eigenvalue weighted by atomic mass is 10.1. The summed E-state index contributed by atoms with van der Waals surface area (Å²) in [6.07, 6.45) is 3.50. The molecule has 2 saturated heterocycles. The highest BCUT2D eigenvalue weighted by atomic mass is 19.1. The zero-order valence-corrected chi connectivity index (χ0v) is 19.4. The predicted octanol–water partition coefficient (Wildman–Crippen LogP) is 3.70. The van der Waals surface area contributed by atoms with E-state index in [2.05, 4.69) is 15.5 Å². The number of halogens is 1. The monoisotopic (exact) mass is 466 g/mol. The Morgan fingerprint density at radius 2 is 1.88 bits per heavy atom. The lowest BCUT2D eigenvalue weighted by Gasteiger charge is -2.22. The van der Waals surface area contributed by atoms with Gasteiger partial charge >= 0.3 is 0 Å². The maximum atomic E-state index is 14.1. The number of nitrogens with zero attached hydrogens (tertiary/aromatic N) is 2. The SMILES string of the molecule is CCCC(NC(=O)C1CC(=O)N(c2ccccc2F)C1)C(=O)Nc1cccc(N2CCCC2)c1. The van der Waals surface area contributed by atoms with Crippen molar-refractivity contribution in [3.8, 4) is 0 Å². The Morgan fingerprint density at radius 1 is 1.12 bits per heavy atom. The van der Waals surface area contributed by atoms with Crippen LogP contribution in [0.25, 0.3) is 0 Å². The number of hydrogen-bond donors (Lipinski definition) is 2. The van der Waals surface area contributed by atoms with E-state index in [-0.39, 0.29) is 36.4 Å². The summed E-state index contributed by atoms with van der Waals surface area (Å²) in [6, 6.07) is 13.0. The first kappa shape index (κ1) is 23.7. The zero-order valence-electron chi connectivity index (χ0n) is 19.4. The summed E-state index contributed by atoms with van der Waals surface area (Å²) in [5.41, 5.74) is 1.93. The van der Waals surface area contributed by atoms with E-state index in [9.17, 15) is 18.8 Å². The molecule has 180 valence electrons. The van der Waals surface area contributed by atoms with Crippen LogP contribution in [0, 0.1) is 11.7 Å². The van der Waals surface area contributed by atoms with Gasteiger partial charge in [0.25, 0.3) is 0 Å². The van der Waals surface area contributed by atoms with Crippen molar-refractivity contribution in [1.82, 2.24) is 5.32 Å². The smallest absolute Gasteiger partial charge is 0.246 e. The van der Waals surface area contributed by atoms with Gasteiger partial charge < -0.3 is 20.4 Å². The number of anilines is 3. The minimum absolute atomic E-state index is 0.0154. The third-order valence-corrected chi connectivity index (χ3v) is 6.43. The normalized spacial score (nSPS) is 18.8. The van der Waals surface area contributed by atoms with Gasteiger partial charge in [-0.1, -0.05) is 31.5 Å². The number of amides is 3. The topological polar surface area (TPSA) is 81.8 Å². The maximum Gasteiger partial charge on any atom is 0.246 e. The number of carbonyl (C=O) groups is 3. The fourth-order valence-corrected chi connectivity index (χ4v) is 4.62. The number of nitrogens with one attached hydrogen (secondary N) is 2. The van der Waals surface area contributed by atoms with E-state index in [1.54, 1.807) is 12.1 Å². The van der Waals surface area contributed by atoms with Crippen molar-refractivity contribution in [2.24, 2.45) is 5.92 Å². The second-order valence-electron chi connectivity index (χ2n) is 8.94. The molecule has 2 unspecified atom stereocenters. The molecule has 2 aliphatic rings. The van der Waals surface area contributed by atoms with Crippen LogP contribution in [0.3, 0.4) is 0 Å². The molecular formula is C26H31FN4O3. The Morgan fingerprint density at radius 3 is 2.62 bits per heavy atom. The van der Waals surface area contributed by atoms with Gasteiger partial charge in [0.1, 0.15) is 11.9 Å². The van der Waals surface area contributed by atoms with Crippen molar-refractivity contribution in [2.45, 2.75) is 45.1 Å². The third-order valence-electron chi connectivity index (χ3n) is 6.43. The van der Waals surface area contributed by atoms with Crippen molar-refractivity contribution in [1.29, 1.82) is 0 Å². The van der Waals surface area contributed by atoms with Crippen LogP contribution < -0.4 is 20.4 Å². The second-order valence-corrected chi connectivity index (χ2v) is 8.94. The Labute approximate surface area is 199 Å². The molecule has 7 nitrogen and oxygen atoms in total. The second kappa shape index (κ2) is 10.7. The first-order chi connectivity index (χ1) is 16.5. The fraction of sp³-hybridized carbons (Fsp3) is 0.423. The third kappa shape index (κ3) is 5.38. The predicted molar refractivity (Wildman–Crippen MR) is 130 cm³/mol. The highest BCUT2D eigenvalue weighted by Gasteiger charge is 2.37. The van der Waals surface area contributed by atoms with Gasteiger partial charge in [0.05, 0.1) is 11.6 Å². The molecule has 34 heavy (non-hydrogen) atoms. The van der Waals surface area contributed by atoms with Crippen molar-refractivity contribution in [3.63, 3.8) is 0 Å². The van der Waals surface area contributed by atoms with Crippen LogP contribution in [0.2, 0.25) is 0 Å². The molecule has 4 rings (SSSR count). The van der Waals surface area contributed by atoms with Crippen LogP contribution in [-0.4, -0.2) is 43.4 Å². The minimum atomic E-state index is -0.717. The summed E-state index contributed by atoms with van der Waals surface area (Å²) in [6.45, 7) is 4.05. The Bertz CT molecular complexity index is 1050. The molecule has 2 heterocycles. The van der Waals surface area contributed by atoms with Gasteiger partial charge in [-0.05, 0) is 49.6 Å². The van der Waals surface area contributed by atoms with Gasteiger partial charge in [-0.15, -0.1) is 0 Å². The average Bonchev–Trinajstić information content (AvgIpc) is 3.50. The summed E-state index contributed by atoms with van der Waals surface area (Å²) in [7, 11) is 0. The molecule has 3 amide bonds. The van der Waals surface area contributed by atoms with E-state index >= 15 is 0 Å². The zero-order chi connectivity index (χ0) is 24.1. The van der Waals surface area contributed by atoms with Gasteiger partial charge in [0, 0.05) is 37.4 Å². The highest BCUT2D eigenvalue weighted by Crippen LogP contribution is 2.28. The maximum absolute atomic E-state index is 14.1. The van der Waals surface area contributed by atoms with Gasteiger partial charge in [-0.2, -0.15) is 0 Å². The molecule has 2 fully saturated rings. The molecule has 0 spiro atoms. The summed E-state index contributed by atoms with van der Waals surface area (Å²) in [5.74, 6) is -2.11. The van der Waals surface area contributed by atoms with Crippen LogP contribution in [-0.2, 0) is 14.4 Å². The minimum Gasteiger partial charge on any atom is -0.371 e. The quantitative estimate of drug-likeness (QED) is 0.622. The van der Waals surface area contributed by atoms with E-state index in [4.69, 9.17) is 0 Å². The molecule has 2 atom stereocenters. The van der Waals surface area contributed by atoms with E-state index in [1.807, 2.05) is 31.2 Å². The van der Waals surface area contributed by atoms with Gasteiger partial charge in [-0.25, -0.2) is 4.39 Å². The lowest BCUT2D eigenvalue weighted by Crippen LogP contribution is -2.46. The van der Waals surface area contributed by atoms with Crippen LogP contribution in [0.5, 0.6) is 0 Å². The summed E-state index contributed by atoms with van der Waals surface area (Å²) in [4.78, 5) is 42.0. The largest absolute Gasteiger partial charge is 0.371 e. The van der Waals surface area contributed by atoms with E-state index in [0.717, 1.165) is 18.8 Å². The van der Waals surface area contributed by atoms with Gasteiger partial charge in [-0.3, -0.25) is 14.4 Å². The van der Waals surface area contributed by atoms with Gasteiger partial charge in [0.15, 0.2) is 0 Å². The summed E-state index contributed by atoms with van der Waals surface area (Å²) in [5, 5.41) is 5.75. The lowest BCUT2D eigenvalue weighted by molar-refractivity contribution is -0.129. The van der Waals surface area contributed by atoms with Crippen LogP contribution in [0.1, 0.15) is 39.0 Å². The Kier molecular flexibility index (Phi) is 7.45. The number of benzene rings is 2. The van der Waals surface area contributed by atoms with Gasteiger partial charge in [0.2, 0.25) is 17.7 Å². The van der Waals surface area contributed by atoms with E-state index in [0.29, 0.717) is 18.5 Å². The summed E-state index contributed by atoms with van der Waals surface area (Å²) < 4.78 is 14.1. The molecule has 2 N–H and O–H groups in total. The standard InChI is InChI=1S/C26H31FN4O3/c1-2-8-22(26(34)28-19-9-7-10-20(16-19)30-13-5-6-14-30)29-25(33)18-15-24(32)31(17-18)23-12-4-3-11-21(23)27/h3-4,7,9-12,16,18,22H,2,5-6,8,13-15,17H2,1H3,(H,28,34)(H,29,33). The molecule has 0 bridgehead atoms. The van der Waals surface area contributed by atoms with Crippen molar-refractivity contribution < 1.29 is 18.8 Å². The Hall–Kier alpha value is -3.42. The molecule has 0 aromatic heterocycles. The molecule has 0 radical (unpaired) electrons. The van der Waals surface area contributed by atoms with Crippen molar-refractivity contribution in [3.05, 3.63) is 54.3 Å². The van der Waals surface area contributed by atoms with E-state index in [1.165, 1.54) is 29.9 Å². The molecule has 2 aromatic rings. The fourth-order valence-electron chi connectivity index (χ4n) is 4.62. The van der Waals surface area contributed by atoms with Crippen LogP contribution >= 0.6 is 0 Å². The number of para-hydroxylation sites is 1.